The van der Waals surface area contributed by atoms with E-state index in [1.807, 2.05) is 56.3 Å². The van der Waals surface area contributed by atoms with Crippen molar-refractivity contribution in [2.45, 2.75) is 39.9 Å². The molecule has 4 rings (SSSR count). The van der Waals surface area contributed by atoms with Gasteiger partial charge in [0.15, 0.2) is 0 Å². The molecule has 1 unspecified atom stereocenters. The highest BCUT2D eigenvalue weighted by Crippen LogP contribution is 2.39. The highest BCUT2D eigenvalue weighted by Gasteiger charge is 2.25. The standard InChI is InChI=1S/C19H22ClNO3.C7H8.C2H6/c1-22-12-13-9-15-5-7-23-19(15)17(10-13)18(24-8-6-21)14-3-2-4-16(20)11-14;1-7-5-3-2-4-6-7;1-2/h2-4,9-11,18H,5-8,12,21H2,1H3;2-6H,1H3;1-2H3. The molecule has 3 aromatic rings. The Morgan fingerprint density at radius 3 is 2.39 bits per heavy atom. The Hall–Kier alpha value is -2.37. The molecular formula is C28H36ClNO3. The van der Waals surface area contributed by atoms with Gasteiger partial charge in [-0.3, -0.25) is 0 Å². The molecule has 0 aromatic heterocycles. The van der Waals surface area contributed by atoms with Crippen molar-refractivity contribution in [1.29, 1.82) is 0 Å². The summed E-state index contributed by atoms with van der Waals surface area (Å²) in [6, 6.07) is 22.2. The Balaban J connectivity index is 0.000000362. The molecule has 2 N–H and O–H groups in total. The number of methoxy groups -OCH3 is 1. The van der Waals surface area contributed by atoms with Gasteiger partial charge in [-0.15, -0.1) is 0 Å². The van der Waals surface area contributed by atoms with Crippen LogP contribution in [0.2, 0.25) is 5.02 Å². The fraction of sp³-hybridized carbons (Fsp3) is 0.357. The molecule has 0 fully saturated rings. The quantitative estimate of drug-likeness (QED) is 0.428. The van der Waals surface area contributed by atoms with Gasteiger partial charge < -0.3 is 19.9 Å². The summed E-state index contributed by atoms with van der Waals surface area (Å²) in [5.74, 6) is 0.914. The number of nitrogens with two attached hydrogens (primary N) is 1. The van der Waals surface area contributed by atoms with E-state index < -0.39 is 0 Å². The van der Waals surface area contributed by atoms with Crippen molar-refractivity contribution in [3.8, 4) is 5.75 Å². The maximum Gasteiger partial charge on any atom is 0.128 e. The molecule has 1 aliphatic heterocycles. The van der Waals surface area contributed by atoms with E-state index in [-0.39, 0.29) is 6.10 Å². The minimum atomic E-state index is -0.268. The Morgan fingerprint density at radius 1 is 1.03 bits per heavy atom. The number of hydrogen-bond acceptors (Lipinski definition) is 4. The van der Waals surface area contributed by atoms with E-state index in [2.05, 4.69) is 31.2 Å². The second-order valence-electron chi connectivity index (χ2n) is 7.45. The van der Waals surface area contributed by atoms with Crippen LogP contribution in [0.25, 0.3) is 0 Å². The predicted octanol–water partition coefficient (Wildman–Crippen LogP) is 6.51. The van der Waals surface area contributed by atoms with Crippen LogP contribution in [0.1, 0.15) is 47.8 Å². The first kappa shape index (κ1) is 26.9. The van der Waals surface area contributed by atoms with Crippen LogP contribution in [0.15, 0.2) is 66.7 Å². The molecule has 178 valence electrons. The zero-order chi connectivity index (χ0) is 24.1. The van der Waals surface area contributed by atoms with Gasteiger partial charge in [0, 0.05) is 30.7 Å². The normalized spacial score (nSPS) is 12.4. The smallest absolute Gasteiger partial charge is 0.128 e. The van der Waals surface area contributed by atoms with Crippen molar-refractivity contribution in [2.75, 3.05) is 26.9 Å². The number of fused-ring (bicyclic) bond motifs is 1. The summed E-state index contributed by atoms with van der Waals surface area (Å²) in [5.41, 5.74) is 11.3. The van der Waals surface area contributed by atoms with Crippen molar-refractivity contribution in [1.82, 2.24) is 0 Å². The molecule has 33 heavy (non-hydrogen) atoms. The lowest BCUT2D eigenvalue weighted by Crippen LogP contribution is -2.15. The maximum absolute atomic E-state index is 6.18. The van der Waals surface area contributed by atoms with Crippen LogP contribution in [0.4, 0.5) is 0 Å². The van der Waals surface area contributed by atoms with Crippen LogP contribution < -0.4 is 10.5 Å². The molecule has 0 saturated carbocycles. The van der Waals surface area contributed by atoms with E-state index in [1.54, 1.807) is 7.11 Å². The molecule has 1 atom stereocenters. The van der Waals surface area contributed by atoms with Crippen LogP contribution in [-0.4, -0.2) is 26.9 Å². The molecule has 1 aliphatic rings. The summed E-state index contributed by atoms with van der Waals surface area (Å²) in [5, 5.41) is 0.680. The van der Waals surface area contributed by atoms with Crippen molar-refractivity contribution >= 4 is 11.6 Å². The monoisotopic (exact) mass is 469 g/mol. The minimum Gasteiger partial charge on any atom is -0.493 e. The van der Waals surface area contributed by atoms with Crippen LogP contribution in [0.3, 0.4) is 0 Å². The van der Waals surface area contributed by atoms with Crippen molar-refractivity contribution in [2.24, 2.45) is 5.73 Å². The summed E-state index contributed by atoms with van der Waals surface area (Å²) in [7, 11) is 1.70. The van der Waals surface area contributed by atoms with Gasteiger partial charge in [0.2, 0.25) is 0 Å². The summed E-state index contributed by atoms with van der Waals surface area (Å²) in [6.07, 6.45) is 0.634. The molecular weight excluding hydrogens is 434 g/mol. The fourth-order valence-electron chi connectivity index (χ4n) is 3.61. The highest BCUT2D eigenvalue weighted by molar-refractivity contribution is 6.30. The molecule has 0 amide bonds. The first-order valence-electron chi connectivity index (χ1n) is 11.5. The number of hydrogen-bond donors (Lipinski definition) is 1. The van der Waals surface area contributed by atoms with Gasteiger partial charge in [0.05, 0.1) is 19.8 Å². The Labute approximate surface area is 203 Å². The van der Waals surface area contributed by atoms with E-state index in [1.165, 1.54) is 11.1 Å². The summed E-state index contributed by atoms with van der Waals surface area (Å²) < 4.78 is 17.3. The van der Waals surface area contributed by atoms with Gasteiger partial charge in [-0.05, 0) is 47.9 Å². The number of rotatable bonds is 7. The number of ether oxygens (including phenoxy) is 3. The molecule has 0 saturated heterocycles. The zero-order valence-corrected chi connectivity index (χ0v) is 20.9. The summed E-state index contributed by atoms with van der Waals surface area (Å²) in [6.45, 7) is 8.25. The predicted molar refractivity (Wildman–Crippen MR) is 137 cm³/mol. The van der Waals surface area contributed by atoms with Gasteiger partial charge >= 0.3 is 0 Å². The van der Waals surface area contributed by atoms with Gasteiger partial charge in [-0.1, -0.05) is 73.5 Å². The van der Waals surface area contributed by atoms with Gasteiger partial charge in [0.1, 0.15) is 11.9 Å². The second kappa shape index (κ2) is 14.7. The Morgan fingerprint density at radius 2 is 1.79 bits per heavy atom. The second-order valence-corrected chi connectivity index (χ2v) is 7.89. The van der Waals surface area contributed by atoms with Crippen LogP contribution in [0, 0.1) is 6.92 Å². The van der Waals surface area contributed by atoms with Crippen molar-refractivity contribution in [3.05, 3.63) is 99.6 Å². The molecule has 5 heteroatoms. The zero-order valence-electron chi connectivity index (χ0n) is 20.1. The molecule has 1 heterocycles. The van der Waals surface area contributed by atoms with Crippen LogP contribution in [-0.2, 0) is 22.5 Å². The topological polar surface area (TPSA) is 53.7 Å². The first-order valence-corrected chi connectivity index (χ1v) is 11.9. The molecule has 4 nitrogen and oxygen atoms in total. The van der Waals surface area contributed by atoms with E-state index in [9.17, 15) is 0 Å². The van der Waals surface area contributed by atoms with E-state index in [4.69, 9.17) is 31.5 Å². The third kappa shape index (κ3) is 8.17. The number of benzene rings is 3. The minimum absolute atomic E-state index is 0.268. The lowest BCUT2D eigenvalue weighted by atomic mass is 9.95. The number of aryl methyl sites for hydroxylation is 1. The lowest BCUT2D eigenvalue weighted by Gasteiger charge is -2.22. The average molecular weight is 470 g/mol. The summed E-state index contributed by atoms with van der Waals surface area (Å²) in [4.78, 5) is 0. The van der Waals surface area contributed by atoms with E-state index in [0.717, 1.165) is 28.9 Å². The SMILES string of the molecule is CC.COCc1cc2c(c(C(OCCN)c3cccc(Cl)c3)c1)OCC2.Cc1ccccc1. The third-order valence-electron chi connectivity index (χ3n) is 4.96. The maximum atomic E-state index is 6.18. The van der Waals surface area contributed by atoms with Crippen LogP contribution in [0.5, 0.6) is 5.75 Å². The van der Waals surface area contributed by atoms with Crippen LogP contribution >= 0.6 is 11.6 Å². The van der Waals surface area contributed by atoms with E-state index in [0.29, 0.717) is 31.4 Å². The first-order chi connectivity index (χ1) is 16.1. The Bertz CT molecular complexity index is 963. The van der Waals surface area contributed by atoms with Gasteiger partial charge in [-0.25, -0.2) is 0 Å². The van der Waals surface area contributed by atoms with E-state index >= 15 is 0 Å². The molecule has 3 aromatic carbocycles. The molecule has 0 bridgehead atoms. The fourth-order valence-corrected chi connectivity index (χ4v) is 3.81. The molecule has 0 aliphatic carbocycles. The molecule has 0 radical (unpaired) electrons. The van der Waals surface area contributed by atoms with Gasteiger partial charge in [-0.2, -0.15) is 0 Å². The third-order valence-corrected chi connectivity index (χ3v) is 5.19. The van der Waals surface area contributed by atoms with Crippen molar-refractivity contribution < 1.29 is 14.2 Å². The van der Waals surface area contributed by atoms with Gasteiger partial charge in [0.25, 0.3) is 0 Å². The largest absolute Gasteiger partial charge is 0.493 e. The Kier molecular flexibility index (Phi) is 12.0. The molecule has 0 spiro atoms. The van der Waals surface area contributed by atoms with Crippen molar-refractivity contribution in [3.63, 3.8) is 0 Å². The lowest BCUT2D eigenvalue weighted by molar-refractivity contribution is 0.0842. The highest BCUT2D eigenvalue weighted by atomic mass is 35.5. The average Bonchev–Trinajstić information content (AvgIpc) is 3.31. The summed E-state index contributed by atoms with van der Waals surface area (Å²) >= 11 is 6.18. The number of halogens is 1.